The Hall–Kier alpha value is -1.02. The maximum Gasteiger partial charge on any atom is 0.388 e. The predicted octanol–water partition coefficient (Wildman–Crippen LogP) is 3.39. The van der Waals surface area contributed by atoms with Crippen LogP contribution >= 0.6 is 31.9 Å². The molecule has 0 N–H and O–H groups in total. The van der Waals surface area contributed by atoms with Crippen molar-refractivity contribution < 1.29 is 13.5 Å². The molecule has 2 heterocycles. The monoisotopic (exact) mass is 367 g/mol. The summed E-state index contributed by atoms with van der Waals surface area (Å²) in [6.45, 7) is -2.90. The summed E-state index contributed by atoms with van der Waals surface area (Å²) < 4.78 is 31.1. The van der Waals surface area contributed by atoms with E-state index in [1.807, 2.05) is 0 Å². The van der Waals surface area contributed by atoms with Crippen LogP contribution in [0.4, 0.5) is 8.78 Å². The fourth-order valence-electron chi connectivity index (χ4n) is 1.20. The normalized spacial score (nSPS) is 10.9. The molecule has 2 aromatic rings. The molecule has 0 atom stereocenters. The Morgan fingerprint density at radius 3 is 2.65 bits per heavy atom. The van der Waals surface area contributed by atoms with Crippen molar-refractivity contribution in [2.24, 2.45) is 0 Å². The minimum Gasteiger partial charge on any atom is -0.417 e. The van der Waals surface area contributed by atoms with Gasteiger partial charge in [-0.3, -0.25) is 0 Å². The molecule has 0 aliphatic carbocycles. The highest BCUT2D eigenvalue weighted by atomic mass is 79.9. The molecule has 0 saturated carbocycles. The van der Waals surface area contributed by atoms with Crippen molar-refractivity contribution in [3.63, 3.8) is 0 Å². The third-order valence-electron chi connectivity index (χ3n) is 1.81. The summed E-state index contributed by atoms with van der Waals surface area (Å²) >= 11 is 6.50. The zero-order chi connectivity index (χ0) is 12.4. The molecule has 90 valence electrons. The minimum absolute atomic E-state index is 0.156. The predicted molar refractivity (Wildman–Crippen MR) is 63.4 cm³/mol. The van der Waals surface area contributed by atoms with Gasteiger partial charge in [0, 0.05) is 18.3 Å². The number of alkyl halides is 2. The number of nitrogens with zero attached hydrogens (tertiary/aromatic N) is 3. The lowest BCUT2D eigenvalue weighted by atomic mass is 10.4. The number of hydrogen-bond acceptors (Lipinski definition) is 3. The summed E-state index contributed by atoms with van der Waals surface area (Å²) in [5.41, 5.74) is 0.563. The molecule has 4 nitrogen and oxygen atoms in total. The van der Waals surface area contributed by atoms with Crippen LogP contribution in [0.25, 0.3) is 5.69 Å². The van der Waals surface area contributed by atoms with Crippen molar-refractivity contribution in [1.82, 2.24) is 14.8 Å². The van der Waals surface area contributed by atoms with Crippen LogP contribution in [0.2, 0.25) is 0 Å². The number of hydrogen-bond donors (Lipinski definition) is 0. The number of aromatic nitrogens is 3. The highest BCUT2D eigenvalue weighted by molar-refractivity contribution is 9.11. The van der Waals surface area contributed by atoms with Gasteiger partial charge in [-0.2, -0.15) is 13.9 Å². The summed E-state index contributed by atoms with van der Waals surface area (Å²) in [5.74, 6) is -0.156. The van der Waals surface area contributed by atoms with E-state index in [1.54, 1.807) is 12.1 Å². The first kappa shape index (κ1) is 12.4. The second-order valence-corrected chi connectivity index (χ2v) is 4.56. The van der Waals surface area contributed by atoms with E-state index in [9.17, 15) is 8.78 Å². The lowest BCUT2D eigenvalue weighted by molar-refractivity contribution is -0.0528. The van der Waals surface area contributed by atoms with Crippen molar-refractivity contribution in [3.05, 3.63) is 33.6 Å². The second-order valence-electron chi connectivity index (χ2n) is 2.93. The first-order valence-electron chi connectivity index (χ1n) is 4.38. The number of ether oxygens (including phenoxy) is 1. The Morgan fingerprint density at radius 2 is 2.06 bits per heavy atom. The fourth-order valence-corrected chi connectivity index (χ4v) is 2.38. The summed E-state index contributed by atoms with van der Waals surface area (Å²) in [4.78, 5) is 3.67. The van der Waals surface area contributed by atoms with Crippen LogP contribution in [-0.2, 0) is 0 Å². The molecule has 0 aliphatic heterocycles. The zero-order valence-corrected chi connectivity index (χ0v) is 11.3. The van der Waals surface area contributed by atoms with Crippen LogP contribution in [0, 0.1) is 0 Å². The van der Waals surface area contributed by atoms with E-state index < -0.39 is 6.61 Å². The van der Waals surface area contributed by atoms with Gasteiger partial charge >= 0.3 is 6.61 Å². The van der Waals surface area contributed by atoms with E-state index in [2.05, 4.69) is 46.7 Å². The topological polar surface area (TPSA) is 39.9 Å². The molecule has 0 fully saturated rings. The Balaban J connectivity index is 2.36. The Bertz CT molecular complexity index is 533. The molecule has 0 saturated heterocycles. The van der Waals surface area contributed by atoms with Gasteiger partial charge in [-0.1, -0.05) is 0 Å². The van der Waals surface area contributed by atoms with Crippen LogP contribution in [0.3, 0.4) is 0 Å². The Morgan fingerprint density at radius 1 is 1.29 bits per heavy atom. The standard InChI is InChI=1S/C9H5Br2F2N3O/c10-6-4-7(11)16(15-6)5-1-2-14-8(3-5)17-9(12)13/h1-4,9H. The minimum atomic E-state index is -2.90. The molecular formula is C9H5Br2F2N3O. The van der Waals surface area contributed by atoms with E-state index in [-0.39, 0.29) is 5.88 Å². The van der Waals surface area contributed by atoms with E-state index in [1.165, 1.54) is 16.9 Å². The lowest BCUT2D eigenvalue weighted by Crippen LogP contribution is -2.05. The van der Waals surface area contributed by atoms with Gasteiger partial charge < -0.3 is 4.74 Å². The summed E-state index contributed by atoms with van der Waals surface area (Å²) in [5, 5.41) is 4.12. The average molecular weight is 369 g/mol. The average Bonchev–Trinajstić information content (AvgIpc) is 2.57. The molecular weight excluding hydrogens is 364 g/mol. The van der Waals surface area contributed by atoms with Gasteiger partial charge in [0.05, 0.1) is 5.69 Å². The van der Waals surface area contributed by atoms with Gasteiger partial charge in [-0.25, -0.2) is 9.67 Å². The van der Waals surface area contributed by atoms with Crippen molar-refractivity contribution >= 4 is 31.9 Å². The molecule has 17 heavy (non-hydrogen) atoms. The number of rotatable bonds is 3. The van der Waals surface area contributed by atoms with Gasteiger partial charge in [0.1, 0.15) is 9.21 Å². The molecule has 8 heteroatoms. The smallest absolute Gasteiger partial charge is 0.388 e. The van der Waals surface area contributed by atoms with Crippen LogP contribution in [-0.4, -0.2) is 21.4 Å². The summed E-state index contributed by atoms with van der Waals surface area (Å²) in [6.07, 6.45) is 1.37. The summed E-state index contributed by atoms with van der Waals surface area (Å²) in [6, 6.07) is 4.73. The van der Waals surface area contributed by atoms with Crippen LogP contribution in [0.15, 0.2) is 33.6 Å². The number of halogens is 4. The molecule has 0 amide bonds. The molecule has 2 rings (SSSR count). The summed E-state index contributed by atoms with van der Waals surface area (Å²) in [7, 11) is 0. The molecule has 0 radical (unpaired) electrons. The van der Waals surface area contributed by atoms with Crippen molar-refractivity contribution in [2.45, 2.75) is 6.61 Å². The van der Waals surface area contributed by atoms with Gasteiger partial charge in [0.2, 0.25) is 5.88 Å². The molecule has 0 unspecified atom stereocenters. The first-order chi connectivity index (χ1) is 8.06. The first-order valence-corrected chi connectivity index (χ1v) is 5.97. The Labute approximate surface area is 112 Å². The molecule has 0 bridgehead atoms. The van der Waals surface area contributed by atoms with E-state index in [0.29, 0.717) is 14.9 Å². The quantitative estimate of drug-likeness (QED) is 0.833. The van der Waals surface area contributed by atoms with Gasteiger partial charge in [-0.05, 0) is 37.9 Å². The van der Waals surface area contributed by atoms with E-state index in [4.69, 9.17) is 0 Å². The van der Waals surface area contributed by atoms with E-state index >= 15 is 0 Å². The highest BCUT2D eigenvalue weighted by Gasteiger charge is 2.09. The van der Waals surface area contributed by atoms with E-state index in [0.717, 1.165) is 0 Å². The Kier molecular flexibility index (Phi) is 3.72. The second kappa shape index (κ2) is 5.09. The van der Waals surface area contributed by atoms with Crippen molar-refractivity contribution in [3.8, 4) is 11.6 Å². The molecule has 0 spiro atoms. The maximum atomic E-state index is 12.0. The van der Waals surface area contributed by atoms with Crippen LogP contribution in [0.1, 0.15) is 0 Å². The number of pyridine rings is 1. The van der Waals surface area contributed by atoms with Crippen LogP contribution in [0.5, 0.6) is 5.88 Å². The third-order valence-corrected chi connectivity index (χ3v) is 2.76. The van der Waals surface area contributed by atoms with Crippen molar-refractivity contribution in [1.29, 1.82) is 0 Å². The van der Waals surface area contributed by atoms with Gasteiger partial charge in [0.25, 0.3) is 0 Å². The zero-order valence-electron chi connectivity index (χ0n) is 8.15. The lowest BCUT2D eigenvalue weighted by Gasteiger charge is -2.06. The molecule has 0 aliphatic rings. The molecule has 2 aromatic heterocycles. The largest absolute Gasteiger partial charge is 0.417 e. The maximum absolute atomic E-state index is 12.0. The van der Waals surface area contributed by atoms with Crippen LogP contribution < -0.4 is 4.74 Å². The SMILES string of the molecule is FC(F)Oc1cc(-n2nc(Br)cc2Br)ccn1. The van der Waals surface area contributed by atoms with Crippen molar-refractivity contribution in [2.75, 3.05) is 0 Å². The molecule has 0 aromatic carbocycles. The fraction of sp³-hybridized carbons (Fsp3) is 0.111. The van der Waals surface area contributed by atoms with Gasteiger partial charge in [-0.15, -0.1) is 0 Å². The highest BCUT2D eigenvalue weighted by Crippen LogP contribution is 2.22. The van der Waals surface area contributed by atoms with Gasteiger partial charge in [0.15, 0.2) is 0 Å². The third kappa shape index (κ3) is 3.01.